The molecule has 4 saturated carbocycles. The molecule has 6 atom stereocenters. The molecule has 4 aliphatic carbocycles. The van der Waals surface area contributed by atoms with E-state index in [4.69, 9.17) is 9.47 Å². The van der Waals surface area contributed by atoms with Crippen LogP contribution in [0.4, 0.5) is 0 Å². The highest BCUT2D eigenvalue weighted by Crippen LogP contribution is 2.86. The van der Waals surface area contributed by atoms with Gasteiger partial charge in [0.05, 0.1) is 14.2 Å². The van der Waals surface area contributed by atoms with Crippen molar-refractivity contribution in [2.24, 2.45) is 34.5 Å². The van der Waals surface area contributed by atoms with Crippen molar-refractivity contribution in [1.29, 1.82) is 0 Å². The zero-order chi connectivity index (χ0) is 18.8. The Labute approximate surface area is 160 Å². The highest BCUT2D eigenvalue weighted by Gasteiger charge is 2.83. The van der Waals surface area contributed by atoms with E-state index in [9.17, 15) is 9.59 Å². The second-order valence-corrected chi connectivity index (χ2v) is 9.19. The molecule has 1 unspecified atom stereocenters. The minimum Gasteiger partial charge on any atom is -0.468 e. The molecule has 0 bridgehead atoms. The first-order chi connectivity index (χ1) is 13.1. The Bertz CT molecular complexity index is 744. The van der Waals surface area contributed by atoms with Gasteiger partial charge in [-0.05, 0) is 66.3 Å². The highest BCUT2D eigenvalue weighted by atomic mass is 16.5. The summed E-state index contributed by atoms with van der Waals surface area (Å²) in [4.78, 5) is 25.4. The maximum atomic E-state index is 12.7. The van der Waals surface area contributed by atoms with Crippen molar-refractivity contribution >= 4 is 11.9 Å². The van der Waals surface area contributed by atoms with Crippen molar-refractivity contribution in [2.75, 3.05) is 14.2 Å². The fourth-order valence-electron chi connectivity index (χ4n) is 7.41. The monoisotopic (exact) mass is 368 g/mol. The van der Waals surface area contributed by atoms with Crippen LogP contribution in [-0.2, 0) is 19.1 Å². The summed E-state index contributed by atoms with van der Waals surface area (Å²) >= 11 is 0. The molecule has 144 valence electrons. The molecule has 1 aromatic rings. The SMILES string of the molecule is COC(=O)C1(C(=O)OC)C[C@H]2[C@H](c3ccccc3)[C@@]2(C2[C@H]3CCCC[C@@H]23)C1. The molecule has 0 aromatic heterocycles. The van der Waals surface area contributed by atoms with Crippen LogP contribution in [0.3, 0.4) is 0 Å². The fraction of sp³-hybridized carbons (Fsp3) is 0.652. The van der Waals surface area contributed by atoms with Gasteiger partial charge in [0, 0.05) is 0 Å². The molecule has 0 radical (unpaired) electrons. The minimum absolute atomic E-state index is 0.0728. The molecular formula is C23H28O4. The van der Waals surface area contributed by atoms with E-state index in [-0.39, 0.29) is 5.41 Å². The molecule has 0 spiro atoms. The first kappa shape index (κ1) is 17.3. The van der Waals surface area contributed by atoms with Gasteiger partial charge < -0.3 is 9.47 Å². The zero-order valence-corrected chi connectivity index (χ0v) is 16.1. The Kier molecular flexibility index (Phi) is 3.73. The van der Waals surface area contributed by atoms with Crippen molar-refractivity contribution in [2.45, 2.75) is 44.4 Å². The van der Waals surface area contributed by atoms with E-state index in [0.29, 0.717) is 30.6 Å². The number of fused-ring (bicyclic) bond motifs is 2. The summed E-state index contributed by atoms with van der Waals surface area (Å²) in [7, 11) is 2.77. The summed E-state index contributed by atoms with van der Waals surface area (Å²) in [6.07, 6.45) is 6.45. The second kappa shape index (κ2) is 5.83. The molecule has 4 fully saturated rings. The summed E-state index contributed by atoms with van der Waals surface area (Å²) in [6.45, 7) is 0. The van der Waals surface area contributed by atoms with Crippen LogP contribution in [0.15, 0.2) is 30.3 Å². The topological polar surface area (TPSA) is 52.6 Å². The molecule has 1 aromatic carbocycles. The van der Waals surface area contributed by atoms with E-state index in [0.717, 1.165) is 11.8 Å². The Morgan fingerprint density at radius 2 is 1.56 bits per heavy atom. The average Bonchev–Trinajstić information content (AvgIpc) is 3.57. The molecular weight excluding hydrogens is 340 g/mol. The summed E-state index contributed by atoms with van der Waals surface area (Å²) in [5, 5.41) is 0. The van der Waals surface area contributed by atoms with Crippen LogP contribution < -0.4 is 0 Å². The maximum Gasteiger partial charge on any atom is 0.323 e. The van der Waals surface area contributed by atoms with Gasteiger partial charge in [0.1, 0.15) is 0 Å². The number of carbonyl (C=O) groups excluding carboxylic acids is 2. The van der Waals surface area contributed by atoms with Gasteiger partial charge in [0.2, 0.25) is 0 Å². The van der Waals surface area contributed by atoms with Crippen molar-refractivity contribution in [1.82, 2.24) is 0 Å². The molecule has 4 aliphatic rings. The Morgan fingerprint density at radius 1 is 0.963 bits per heavy atom. The lowest BCUT2D eigenvalue weighted by molar-refractivity contribution is -0.170. The summed E-state index contributed by atoms with van der Waals surface area (Å²) in [6, 6.07) is 10.7. The number of esters is 2. The van der Waals surface area contributed by atoms with E-state index >= 15 is 0 Å². The maximum absolute atomic E-state index is 12.7. The lowest BCUT2D eigenvalue weighted by Gasteiger charge is -2.29. The predicted molar refractivity (Wildman–Crippen MR) is 99.7 cm³/mol. The first-order valence-corrected chi connectivity index (χ1v) is 10.3. The fourth-order valence-corrected chi connectivity index (χ4v) is 7.41. The van der Waals surface area contributed by atoms with Gasteiger partial charge in [0.25, 0.3) is 0 Å². The lowest BCUT2D eigenvalue weighted by Crippen LogP contribution is -2.41. The largest absolute Gasteiger partial charge is 0.468 e. The number of hydrogen-bond acceptors (Lipinski definition) is 4. The van der Waals surface area contributed by atoms with E-state index in [2.05, 4.69) is 30.3 Å². The molecule has 5 rings (SSSR count). The molecule has 0 heterocycles. The van der Waals surface area contributed by atoms with Crippen molar-refractivity contribution in [3.63, 3.8) is 0 Å². The van der Waals surface area contributed by atoms with Gasteiger partial charge in [-0.3, -0.25) is 9.59 Å². The van der Waals surface area contributed by atoms with Gasteiger partial charge >= 0.3 is 11.9 Å². The van der Waals surface area contributed by atoms with Crippen LogP contribution >= 0.6 is 0 Å². The summed E-state index contributed by atoms with van der Waals surface area (Å²) in [5.74, 6) is 2.28. The number of ether oxygens (including phenoxy) is 2. The van der Waals surface area contributed by atoms with Gasteiger partial charge in [-0.1, -0.05) is 43.2 Å². The van der Waals surface area contributed by atoms with E-state index in [1.165, 1.54) is 45.5 Å². The van der Waals surface area contributed by atoms with Crippen LogP contribution in [0.2, 0.25) is 0 Å². The van der Waals surface area contributed by atoms with E-state index < -0.39 is 17.4 Å². The van der Waals surface area contributed by atoms with Gasteiger partial charge in [-0.2, -0.15) is 0 Å². The molecule has 0 saturated heterocycles. The Hall–Kier alpha value is -1.84. The molecule has 0 amide bonds. The third-order valence-corrected chi connectivity index (χ3v) is 8.33. The second-order valence-electron chi connectivity index (χ2n) is 9.19. The van der Waals surface area contributed by atoms with Crippen LogP contribution in [0.5, 0.6) is 0 Å². The summed E-state index contributed by atoms with van der Waals surface area (Å²) < 4.78 is 10.2. The van der Waals surface area contributed by atoms with Crippen LogP contribution in [0.25, 0.3) is 0 Å². The number of methoxy groups -OCH3 is 2. The van der Waals surface area contributed by atoms with E-state index in [1.54, 1.807) is 0 Å². The van der Waals surface area contributed by atoms with Crippen LogP contribution in [0, 0.1) is 34.5 Å². The third-order valence-electron chi connectivity index (χ3n) is 8.33. The number of rotatable bonds is 4. The first-order valence-electron chi connectivity index (χ1n) is 10.3. The molecule has 4 nitrogen and oxygen atoms in total. The van der Waals surface area contributed by atoms with Crippen molar-refractivity contribution < 1.29 is 19.1 Å². The molecule has 27 heavy (non-hydrogen) atoms. The summed E-state index contributed by atoms with van der Waals surface area (Å²) in [5.41, 5.74) is 0.337. The minimum atomic E-state index is -1.11. The normalized spacial score (nSPS) is 40.4. The quantitative estimate of drug-likeness (QED) is 0.596. The van der Waals surface area contributed by atoms with Crippen LogP contribution in [-0.4, -0.2) is 26.2 Å². The average molecular weight is 368 g/mol. The van der Waals surface area contributed by atoms with Crippen molar-refractivity contribution in [3.8, 4) is 0 Å². The Balaban J connectivity index is 1.53. The van der Waals surface area contributed by atoms with Crippen molar-refractivity contribution in [3.05, 3.63) is 35.9 Å². The van der Waals surface area contributed by atoms with Gasteiger partial charge in [-0.25, -0.2) is 0 Å². The highest BCUT2D eigenvalue weighted by molar-refractivity contribution is 6.01. The lowest BCUT2D eigenvalue weighted by atomic mass is 9.75. The standard InChI is InChI=1S/C23H28O4/c1-26-20(24)22(21(25)27-2)12-17-18(14-8-4-3-5-9-14)23(17,13-22)19-15-10-6-7-11-16(15)19/h3-5,8-9,15-19H,6-7,10-13H2,1-2H3/t15-,16+,17-,18-,19?,23+/m0/s1. The molecule has 4 heteroatoms. The number of benzene rings is 1. The number of hydrogen-bond donors (Lipinski definition) is 0. The predicted octanol–water partition coefficient (Wildman–Crippen LogP) is 3.95. The molecule has 0 N–H and O–H groups in total. The smallest absolute Gasteiger partial charge is 0.323 e. The molecule has 0 aliphatic heterocycles. The van der Waals surface area contributed by atoms with Crippen LogP contribution in [0.1, 0.15) is 50.0 Å². The Morgan fingerprint density at radius 3 is 2.11 bits per heavy atom. The third kappa shape index (κ3) is 2.16. The van der Waals surface area contributed by atoms with Gasteiger partial charge in [0.15, 0.2) is 5.41 Å². The van der Waals surface area contributed by atoms with Gasteiger partial charge in [-0.15, -0.1) is 0 Å². The van der Waals surface area contributed by atoms with E-state index in [1.807, 2.05) is 0 Å². The number of carbonyl (C=O) groups is 2. The zero-order valence-electron chi connectivity index (χ0n) is 16.1.